The number of nitro benzene ring substituents is 1. The van der Waals surface area contributed by atoms with Gasteiger partial charge < -0.3 is 15.2 Å². The van der Waals surface area contributed by atoms with Crippen molar-refractivity contribution < 1.29 is 32.4 Å². The topological polar surface area (TPSA) is 160 Å². The van der Waals surface area contributed by atoms with E-state index in [1.54, 1.807) is 36.4 Å². The summed E-state index contributed by atoms with van der Waals surface area (Å²) in [6, 6.07) is 17.4. The van der Waals surface area contributed by atoms with E-state index in [9.17, 15) is 32.8 Å². The van der Waals surface area contributed by atoms with Crippen LogP contribution in [0.2, 0.25) is 0 Å². The molecule has 6 rings (SSSR count). The summed E-state index contributed by atoms with van der Waals surface area (Å²) in [7, 11) is -4.10. The summed E-state index contributed by atoms with van der Waals surface area (Å²) in [6.45, 7) is 1.32. The molecule has 0 aliphatic carbocycles. The van der Waals surface area contributed by atoms with Crippen molar-refractivity contribution in [1.82, 2.24) is 19.0 Å². The lowest BCUT2D eigenvalue weighted by atomic mass is 10.0. The summed E-state index contributed by atoms with van der Waals surface area (Å²) < 4.78 is 48.8. The second-order valence-electron chi connectivity index (χ2n) is 10.2. The van der Waals surface area contributed by atoms with Crippen molar-refractivity contribution in [3.63, 3.8) is 0 Å². The summed E-state index contributed by atoms with van der Waals surface area (Å²) in [4.78, 5) is 24.9. The lowest BCUT2D eigenvalue weighted by molar-refractivity contribution is -0.387. The Morgan fingerprint density at radius 3 is 2.39 bits per heavy atom. The molecule has 1 aromatic heterocycles. The molecule has 3 heterocycles. The first-order valence-electron chi connectivity index (χ1n) is 13.8. The maximum atomic E-state index is 14.0. The van der Waals surface area contributed by atoms with Crippen LogP contribution in [0, 0.1) is 15.9 Å². The number of fused-ring (bicyclic) bond motifs is 1. The van der Waals surface area contributed by atoms with Crippen LogP contribution in [0.1, 0.15) is 28.6 Å². The normalized spacial score (nSPS) is 17.4. The molecule has 44 heavy (non-hydrogen) atoms. The minimum absolute atomic E-state index is 0.0509. The van der Waals surface area contributed by atoms with Gasteiger partial charge in [0.15, 0.2) is 22.2 Å². The molecule has 2 aliphatic heterocycles. The van der Waals surface area contributed by atoms with Crippen molar-refractivity contribution in [2.75, 3.05) is 38.0 Å². The van der Waals surface area contributed by atoms with E-state index in [1.165, 1.54) is 45.4 Å². The summed E-state index contributed by atoms with van der Waals surface area (Å²) in [6.07, 6.45) is 0.607. The quantitative estimate of drug-likeness (QED) is 0.215. The number of para-hydroxylation sites is 2. The van der Waals surface area contributed by atoms with Crippen LogP contribution in [0.3, 0.4) is 0 Å². The van der Waals surface area contributed by atoms with Crippen LogP contribution in [0.25, 0.3) is 5.69 Å². The number of carboxylic acids is 1. The second kappa shape index (κ2) is 11.7. The van der Waals surface area contributed by atoms with Gasteiger partial charge in [-0.15, -0.1) is 0 Å². The molecule has 13 nitrogen and oxygen atoms in total. The number of ether oxygens (including phenoxy) is 1. The van der Waals surface area contributed by atoms with Crippen LogP contribution in [-0.2, 0) is 10.0 Å². The number of sulfonamides is 1. The molecule has 2 N–H and O–H groups in total. The zero-order chi connectivity index (χ0) is 31.0. The van der Waals surface area contributed by atoms with E-state index in [4.69, 9.17) is 9.84 Å². The Kier molecular flexibility index (Phi) is 7.75. The first-order chi connectivity index (χ1) is 21.1. The zero-order valence-corrected chi connectivity index (χ0v) is 24.0. The standard InChI is InChI=1S/C29H27FN6O7S/c30-21-5-1-3-7-24(21)43-20-11-9-19(10-12-20)35-28(29(37)38)27-26(32-35)23(13-14-31-27)33-15-17-34(18-16-33)44(41,42)25-8-4-2-6-22(25)36(39)40/h1-12,23,31H,13-18H2,(H,37,38)/t23-/m1/s1. The van der Waals surface area contributed by atoms with Crippen molar-refractivity contribution in [1.29, 1.82) is 0 Å². The fourth-order valence-electron chi connectivity index (χ4n) is 5.58. The number of aromatic nitrogens is 2. The molecule has 1 saturated heterocycles. The summed E-state index contributed by atoms with van der Waals surface area (Å²) in [5.74, 6) is -1.28. The van der Waals surface area contributed by atoms with Gasteiger partial charge in [0.2, 0.25) is 10.0 Å². The molecular formula is C29H27FN6O7S. The minimum Gasteiger partial charge on any atom is -0.476 e. The molecule has 0 spiro atoms. The third-order valence-corrected chi connectivity index (χ3v) is 9.64. The Balaban J connectivity index is 1.23. The molecule has 0 bridgehead atoms. The summed E-state index contributed by atoms with van der Waals surface area (Å²) >= 11 is 0. The molecule has 15 heteroatoms. The zero-order valence-electron chi connectivity index (χ0n) is 23.2. The largest absolute Gasteiger partial charge is 0.476 e. The van der Waals surface area contributed by atoms with E-state index in [-0.39, 0.29) is 35.5 Å². The highest BCUT2D eigenvalue weighted by Gasteiger charge is 2.38. The smallest absolute Gasteiger partial charge is 0.356 e. The van der Waals surface area contributed by atoms with Gasteiger partial charge >= 0.3 is 5.97 Å². The number of nitrogens with zero attached hydrogens (tertiary/aromatic N) is 5. The molecule has 3 aromatic carbocycles. The predicted octanol–water partition coefficient (Wildman–Crippen LogP) is 4.27. The fourth-order valence-corrected chi connectivity index (χ4v) is 7.16. The number of carbonyl (C=O) groups is 1. The molecule has 0 saturated carbocycles. The van der Waals surface area contributed by atoms with Crippen LogP contribution in [0.5, 0.6) is 11.5 Å². The maximum absolute atomic E-state index is 14.0. The predicted molar refractivity (Wildman–Crippen MR) is 156 cm³/mol. The lowest BCUT2D eigenvalue weighted by Crippen LogP contribution is -2.50. The van der Waals surface area contributed by atoms with Crippen LogP contribution >= 0.6 is 0 Å². The van der Waals surface area contributed by atoms with Crippen molar-refractivity contribution in [3.8, 4) is 17.2 Å². The van der Waals surface area contributed by atoms with Gasteiger partial charge in [0.25, 0.3) is 5.69 Å². The number of carboxylic acid groups (broad SMARTS) is 1. The Bertz CT molecular complexity index is 1840. The van der Waals surface area contributed by atoms with Gasteiger partial charge in [0, 0.05) is 38.8 Å². The molecule has 1 atom stereocenters. The van der Waals surface area contributed by atoms with Crippen molar-refractivity contribution in [2.24, 2.45) is 0 Å². The number of benzene rings is 3. The van der Waals surface area contributed by atoms with E-state index < -0.39 is 32.4 Å². The Morgan fingerprint density at radius 1 is 1.02 bits per heavy atom. The Hall–Kier alpha value is -4.86. The van der Waals surface area contributed by atoms with Gasteiger partial charge in [-0.2, -0.15) is 9.40 Å². The highest BCUT2D eigenvalue weighted by atomic mass is 32.2. The highest BCUT2D eigenvalue weighted by Crippen LogP contribution is 2.38. The molecular weight excluding hydrogens is 595 g/mol. The van der Waals surface area contributed by atoms with E-state index in [1.807, 2.05) is 0 Å². The van der Waals surface area contributed by atoms with Gasteiger partial charge in [0.05, 0.1) is 22.3 Å². The van der Waals surface area contributed by atoms with Crippen molar-refractivity contribution in [2.45, 2.75) is 17.4 Å². The van der Waals surface area contributed by atoms with E-state index in [0.29, 0.717) is 48.9 Å². The van der Waals surface area contributed by atoms with Crippen LogP contribution in [0.15, 0.2) is 77.7 Å². The first-order valence-corrected chi connectivity index (χ1v) is 15.2. The number of piperazine rings is 1. The number of rotatable bonds is 8. The van der Waals surface area contributed by atoms with Crippen molar-refractivity contribution in [3.05, 3.63) is 100 Å². The third kappa shape index (κ3) is 5.36. The number of hydrogen-bond donors (Lipinski definition) is 2. The van der Waals surface area contributed by atoms with Crippen molar-refractivity contribution >= 4 is 27.4 Å². The number of anilines is 1. The van der Waals surface area contributed by atoms with Crippen LogP contribution in [-0.4, -0.2) is 76.1 Å². The Labute approximate surface area is 251 Å². The highest BCUT2D eigenvalue weighted by molar-refractivity contribution is 7.89. The lowest BCUT2D eigenvalue weighted by Gasteiger charge is -2.39. The van der Waals surface area contributed by atoms with Gasteiger partial charge in [-0.3, -0.25) is 15.0 Å². The van der Waals surface area contributed by atoms with E-state index >= 15 is 0 Å². The van der Waals surface area contributed by atoms with Gasteiger partial charge in [-0.1, -0.05) is 24.3 Å². The van der Waals surface area contributed by atoms with E-state index in [2.05, 4.69) is 10.2 Å². The number of nitro groups is 1. The third-order valence-electron chi connectivity index (χ3n) is 7.69. The average Bonchev–Trinajstić information content (AvgIpc) is 3.43. The average molecular weight is 623 g/mol. The molecule has 2 aliphatic rings. The van der Waals surface area contributed by atoms with Crippen LogP contribution < -0.4 is 10.1 Å². The SMILES string of the molecule is O=C(O)c1c2c(nn1-c1ccc(Oc3ccccc3F)cc1)[C@H](N1CCN(S(=O)(=O)c3ccccc3[N+](=O)[O-])CC1)CCN2. The second-order valence-corrected chi connectivity index (χ2v) is 12.2. The van der Waals surface area contributed by atoms with Crippen LogP contribution in [0.4, 0.5) is 15.8 Å². The molecule has 4 aromatic rings. The monoisotopic (exact) mass is 622 g/mol. The maximum Gasteiger partial charge on any atom is 0.356 e. The minimum atomic E-state index is -4.10. The van der Waals surface area contributed by atoms with Gasteiger partial charge in [0.1, 0.15) is 11.4 Å². The number of nitrogens with one attached hydrogen (secondary N) is 1. The van der Waals surface area contributed by atoms with E-state index in [0.717, 1.165) is 0 Å². The molecule has 0 amide bonds. The number of halogens is 1. The number of hydrogen-bond acceptors (Lipinski definition) is 9. The van der Waals surface area contributed by atoms with Gasteiger partial charge in [-0.05, 0) is 48.9 Å². The fraction of sp³-hybridized carbons (Fsp3) is 0.241. The van der Waals surface area contributed by atoms with Gasteiger partial charge in [-0.25, -0.2) is 22.3 Å². The molecule has 1 fully saturated rings. The molecule has 228 valence electrons. The molecule has 0 unspecified atom stereocenters. The number of aromatic carboxylic acids is 1. The molecule has 0 radical (unpaired) electrons. The Morgan fingerprint density at radius 2 is 1.70 bits per heavy atom. The first kappa shape index (κ1) is 29.2. The summed E-state index contributed by atoms with van der Waals surface area (Å²) in [5.41, 5.74) is 0.839. The summed E-state index contributed by atoms with van der Waals surface area (Å²) in [5, 5.41) is 29.5.